The maximum Gasteiger partial charge on any atom is 0.416 e. The Morgan fingerprint density at radius 3 is 1.26 bits per heavy atom. The molecule has 0 amide bonds. The van der Waals surface area contributed by atoms with Crippen molar-refractivity contribution in [3.8, 4) is 0 Å². The van der Waals surface area contributed by atoms with Gasteiger partial charge in [0.15, 0.2) is 0 Å². The highest BCUT2D eigenvalue weighted by Crippen LogP contribution is 2.36. The molecular weight excluding hydrogens is 370 g/mol. The summed E-state index contributed by atoms with van der Waals surface area (Å²) in [4.78, 5) is 0. The number of benzene rings is 2. The fourth-order valence-corrected chi connectivity index (χ4v) is 2.41. The van der Waals surface area contributed by atoms with Crippen molar-refractivity contribution < 1.29 is 31.4 Å². The van der Waals surface area contributed by atoms with Gasteiger partial charge in [0.1, 0.15) is 5.60 Å². The first-order valence-electron chi connectivity index (χ1n) is 7.83. The van der Waals surface area contributed by atoms with E-state index < -0.39 is 29.1 Å². The molecule has 2 aromatic carbocycles. The molecule has 0 radical (unpaired) electrons. The van der Waals surface area contributed by atoms with Crippen molar-refractivity contribution in [3.63, 3.8) is 0 Å². The van der Waals surface area contributed by atoms with Crippen molar-refractivity contribution in [2.45, 2.75) is 31.8 Å². The molecule has 2 aromatic rings. The molecule has 0 aliphatic rings. The summed E-state index contributed by atoms with van der Waals surface area (Å²) in [5.74, 6) is 0. The van der Waals surface area contributed by atoms with Crippen molar-refractivity contribution in [1.82, 2.24) is 0 Å². The van der Waals surface area contributed by atoms with Gasteiger partial charge in [0.05, 0.1) is 11.1 Å². The summed E-state index contributed by atoms with van der Waals surface area (Å²) >= 11 is 0. The van der Waals surface area contributed by atoms with Crippen LogP contribution >= 0.6 is 0 Å². The van der Waals surface area contributed by atoms with Crippen LogP contribution in [0.15, 0.2) is 65.9 Å². The minimum atomic E-state index is -4.54. The minimum Gasteiger partial charge on any atom is -0.376 e. The van der Waals surface area contributed by atoms with Gasteiger partial charge in [-0.2, -0.15) is 26.3 Å². The van der Waals surface area contributed by atoms with Crippen molar-refractivity contribution in [2.24, 2.45) is 0 Å². The van der Waals surface area contributed by atoms with Crippen LogP contribution < -0.4 is 0 Å². The number of rotatable bonds is 3. The molecule has 27 heavy (non-hydrogen) atoms. The smallest absolute Gasteiger partial charge is 0.376 e. The van der Waals surface area contributed by atoms with Crippen LogP contribution in [0.3, 0.4) is 0 Å². The molecule has 0 saturated heterocycles. The molecule has 0 fully saturated rings. The third kappa shape index (κ3) is 4.81. The van der Waals surface area contributed by atoms with E-state index in [4.69, 9.17) is 0 Å². The number of alkyl halides is 6. The highest BCUT2D eigenvalue weighted by molar-refractivity contribution is 5.43. The van der Waals surface area contributed by atoms with Gasteiger partial charge in [-0.25, -0.2) is 0 Å². The molecular formula is C20H16F6O. The van der Waals surface area contributed by atoms with Crippen molar-refractivity contribution in [1.29, 1.82) is 0 Å². The number of aliphatic hydroxyl groups is 1. The normalized spacial score (nSPS) is 12.5. The number of hydrogen-bond donors (Lipinski definition) is 1. The number of hydrogen-bond acceptors (Lipinski definition) is 1. The Morgan fingerprint density at radius 2 is 1.00 bits per heavy atom. The molecule has 1 N–H and O–H groups in total. The molecule has 0 spiro atoms. The third-order valence-electron chi connectivity index (χ3n) is 3.87. The van der Waals surface area contributed by atoms with Gasteiger partial charge in [0.2, 0.25) is 0 Å². The fraction of sp³-hybridized carbons (Fsp3) is 0.250. The summed E-state index contributed by atoms with van der Waals surface area (Å²) in [6, 6.07) is 7.57. The highest BCUT2D eigenvalue weighted by atomic mass is 19.4. The fourth-order valence-electron chi connectivity index (χ4n) is 2.41. The summed E-state index contributed by atoms with van der Waals surface area (Å²) in [6.45, 7) is 3.38. The van der Waals surface area contributed by atoms with Gasteiger partial charge in [0.25, 0.3) is 0 Å². The van der Waals surface area contributed by atoms with E-state index >= 15 is 0 Å². The Kier molecular flexibility index (Phi) is 5.59. The number of halogens is 6. The zero-order valence-electron chi connectivity index (χ0n) is 14.4. The Bertz CT molecular complexity index is 790. The molecule has 0 heterocycles. The van der Waals surface area contributed by atoms with Crippen LogP contribution in [0.1, 0.15) is 36.1 Å². The second-order valence-corrected chi connectivity index (χ2v) is 6.21. The summed E-state index contributed by atoms with van der Waals surface area (Å²) < 4.78 is 76.5. The molecule has 144 valence electrons. The van der Waals surface area contributed by atoms with Gasteiger partial charge in [-0.15, -0.1) is 5.73 Å². The van der Waals surface area contributed by atoms with Gasteiger partial charge in [-0.05, 0) is 60.9 Å². The molecule has 0 atom stereocenters. The standard InChI is InChI=1S/C20H16F6O/c1-13(2)11-12-18(27,14-3-7-16(8-4-14)19(21,22)23)15-5-9-17(10-6-15)20(24,25)26/h3-10,12,27H,1-2H3. The predicted octanol–water partition coefficient (Wildman–Crippen LogP) is 6.08. The predicted molar refractivity (Wildman–Crippen MR) is 88.8 cm³/mol. The minimum absolute atomic E-state index is 0.0732. The van der Waals surface area contributed by atoms with Crippen LogP contribution in [-0.2, 0) is 18.0 Å². The molecule has 0 aromatic heterocycles. The zero-order valence-corrected chi connectivity index (χ0v) is 14.4. The molecule has 2 rings (SSSR count). The van der Waals surface area contributed by atoms with Crippen molar-refractivity contribution in [3.05, 3.63) is 88.2 Å². The molecule has 7 heteroatoms. The average Bonchev–Trinajstić information content (AvgIpc) is 2.58. The summed E-state index contributed by atoms with van der Waals surface area (Å²) in [5, 5.41) is 11.1. The monoisotopic (exact) mass is 386 g/mol. The first-order valence-corrected chi connectivity index (χ1v) is 7.83. The lowest BCUT2D eigenvalue weighted by Crippen LogP contribution is -2.25. The van der Waals surface area contributed by atoms with E-state index in [2.05, 4.69) is 5.73 Å². The largest absolute Gasteiger partial charge is 0.416 e. The van der Waals surface area contributed by atoms with Crippen LogP contribution in [-0.4, -0.2) is 5.11 Å². The van der Waals surface area contributed by atoms with Gasteiger partial charge >= 0.3 is 12.4 Å². The molecule has 0 aliphatic carbocycles. The van der Waals surface area contributed by atoms with Crippen LogP contribution in [0, 0.1) is 0 Å². The molecule has 0 aliphatic heterocycles. The first kappa shape index (κ1) is 20.8. The molecule has 0 unspecified atom stereocenters. The lowest BCUT2D eigenvalue weighted by atomic mass is 9.85. The van der Waals surface area contributed by atoms with E-state index in [1.165, 1.54) is 6.08 Å². The van der Waals surface area contributed by atoms with Gasteiger partial charge < -0.3 is 5.11 Å². The van der Waals surface area contributed by atoms with Crippen molar-refractivity contribution >= 4 is 0 Å². The maximum atomic E-state index is 12.8. The summed E-state index contributed by atoms with van der Waals surface area (Å²) in [5.41, 5.74) is -0.141. The van der Waals surface area contributed by atoms with E-state index in [9.17, 15) is 31.4 Å². The maximum absolute atomic E-state index is 12.8. The van der Waals surface area contributed by atoms with Gasteiger partial charge in [-0.1, -0.05) is 24.3 Å². The van der Waals surface area contributed by atoms with E-state index in [1.54, 1.807) is 13.8 Å². The molecule has 1 nitrogen and oxygen atoms in total. The quantitative estimate of drug-likeness (QED) is 0.501. The lowest BCUT2D eigenvalue weighted by Gasteiger charge is -2.26. The Balaban J connectivity index is 2.58. The highest BCUT2D eigenvalue weighted by Gasteiger charge is 2.35. The Labute approximate surface area is 152 Å². The van der Waals surface area contributed by atoms with E-state index in [-0.39, 0.29) is 11.1 Å². The topological polar surface area (TPSA) is 20.2 Å². The zero-order chi connectivity index (χ0) is 20.5. The van der Waals surface area contributed by atoms with Crippen LogP contribution in [0.5, 0.6) is 0 Å². The Hall–Kier alpha value is -2.50. The van der Waals surface area contributed by atoms with Crippen LogP contribution in [0.4, 0.5) is 26.3 Å². The van der Waals surface area contributed by atoms with Crippen LogP contribution in [0.25, 0.3) is 0 Å². The second-order valence-electron chi connectivity index (χ2n) is 6.21. The Morgan fingerprint density at radius 1 is 0.704 bits per heavy atom. The van der Waals surface area contributed by atoms with Crippen molar-refractivity contribution in [2.75, 3.05) is 0 Å². The average molecular weight is 386 g/mol. The summed E-state index contributed by atoms with van der Waals surface area (Å²) in [6.07, 6.45) is -7.87. The first-order chi connectivity index (χ1) is 12.3. The van der Waals surface area contributed by atoms with Gasteiger partial charge in [0, 0.05) is 0 Å². The molecule has 0 bridgehead atoms. The summed E-state index contributed by atoms with van der Waals surface area (Å²) in [7, 11) is 0. The second kappa shape index (κ2) is 7.25. The third-order valence-corrected chi connectivity index (χ3v) is 3.87. The van der Waals surface area contributed by atoms with E-state index in [0.29, 0.717) is 5.57 Å². The molecule has 0 saturated carbocycles. The van der Waals surface area contributed by atoms with E-state index in [0.717, 1.165) is 48.5 Å². The van der Waals surface area contributed by atoms with Crippen LogP contribution in [0.2, 0.25) is 0 Å². The lowest BCUT2D eigenvalue weighted by molar-refractivity contribution is -0.138. The van der Waals surface area contributed by atoms with Gasteiger partial charge in [-0.3, -0.25) is 0 Å². The SMILES string of the molecule is CC(C)=C=CC(O)(c1ccc(C(F)(F)F)cc1)c1ccc(C(F)(F)F)cc1. The van der Waals surface area contributed by atoms with E-state index in [1.807, 2.05) is 0 Å².